The van der Waals surface area contributed by atoms with Gasteiger partial charge in [0.15, 0.2) is 11.5 Å². The molecule has 22 heavy (non-hydrogen) atoms. The maximum Gasteiger partial charge on any atom is 0.240 e. The first-order chi connectivity index (χ1) is 10.0. The van der Waals surface area contributed by atoms with Crippen molar-refractivity contribution in [3.63, 3.8) is 0 Å². The Hall–Kier alpha value is -1.46. The van der Waals surface area contributed by atoms with Crippen LogP contribution < -0.4 is 20.5 Å². The fourth-order valence-electron chi connectivity index (χ4n) is 2.40. The summed E-state index contributed by atoms with van der Waals surface area (Å²) in [5, 5.41) is 2.90. The van der Waals surface area contributed by atoms with Crippen LogP contribution >= 0.6 is 12.4 Å². The first-order valence-electron chi connectivity index (χ1n) is 7.49. The highest BCUT2D eigenvalue weighted by atomic mass is 35.5. The van der Waals surface area contributed by atoms with E-state index in [0.29, 0.717) is 26.2 Å². The van der Waals surface area contributed by atoms with Gasteiger partial charge in [0.1, 0.15) is 0 Å². The number of carbonyl (C=O) groups excluding carboxylic acids is 1. The molecule has 0 aromatic heterocycles. The molecule has 1 aliphatic heterocycles. The lowest BCUT2D eigenvalue weighted by Crippen LogP contribution is -2.51. The highest BCUT2D eigenvalue weighted by Gasteiger charge is 2.27. The summed E-state index contributed by atoms with van der Waals surface area (Å²) in [6.07, 6.45) is 2.39. The fourth-order valence-corrected chi connectivity index (χ4v) is 2.40. The molecule has 0 radical (unpaired) electrons. The average molecular weight is 329 g/mol. The summed E-state index contributed by atoms with van der Waals surface area (Å²) >= 11 is 0. The first-order valence-corrected chi connectivity index (χ1v) is 7.49. The lowest BCUT2D eigenvalue weighted by Gasteiger charge is -2.23. The van der Waals surface area contributed by atoms with E-state index < -0.39 is 5.54 Å². The number of halogens is 1. The van der Waals surface area contributed by atoms with Crippen LogP contribution in [0.15, 0.2) is 18.2 Å². The van der Waals surface area contributed by atoms with Gasteiger partial charge in [-0.3, -0.25) is 4.79 Å². The molecule has 1 aromatic rings. The Morgan fingerprint density at radius 1 is 1.36 bits per heavy atom. The largest absolute Gasteiger partial charge is 0.490 e. The van der Waals surface area contributed by atoms with Gasteiger partial charge in [0.2, 0.25) is 5.91 Å². The molecule has 1 heterocycles. The Kier molecular flexibility index (Phi) is 6.97. The summed E-state index contributed by atoms with van der Waals surface area (Å²) in [6.45, 7) is 5.45. The minimum absolute atomic E-state index is 0. The zero-order valence-electron chi connectivity index (χ0n) is 13.2. The lowest BCUT2D eigenvalue weighted by atomic mass is 9.96. The summed E-state index contributed by atoms with van der Waals surface area (Å²) in [7, 11) is 0. The van der Waals surface area contributed by atoms with Crippen molar-refractivity contribution in [1.29, 1.82) is 0 Å². The molecule has 2 rings (SSSR count). The van der Waals surface area contributed by atoms with Crippen molar-refractivity contribution in [3.8, 4) is 11.5 Å². The van der Waals surface area contributed by atoms with Crippen LogP contribution in [-0.4, -0.2) is 24.7 Å². The van der Waals surface area contributed by atoms with Gasteiger partial charge in [-0.2, -0.15) is 0 Å². The summed E-state index contributed by atoms with van der Waals surface area (Å²) in [5.41, 5.74) is 6.11. The highest BCUT2D eigenvalue weighted by molar-refractivity contribution is 5.85. The van der Waals surface area contributed by atoms with Gasteiger partial charge < -0.3 is 20.5 Å². The van der Waals surface area contributed by atoms with Crippen LogP contribution in [-0.2, 0) is 11.3 Å². The van der Waals surface area contributed by atoms with E-state index in [9.17, 15) is 4.79 Å². The van der Waals surface area contributed by atoms with Crippen molar-refractivity contribution in [1.82, 2.24) is 5.32 Å². The van der Waals surface area contributed by atoms with E-state index >= 15 is 0 Å². The van der Waals surface area contributed by atoms with Crippen LogP contribution in [0.4, 0.5) is 0 Å². The molecule has 1 aromatic carbocycles. The SMILES string of the molecule is CCCC(C)(N)C(=O)NCc1cccc2c1OCCCO2.Cl. The van der Waals surface area contributed by atoms with Gasteiger partial charge in [0.05, 0.1) is 18.8 Å². The number of rotatable bonds is 5. The van der Waals surface area contributed by atoms with Crippen LogP contribution in [0.5, 0.6) is 11.5 Å². The summed E-state index contributed by atoms with van der Waals surface area (Å²) in [6, 6.07) is 5.72. The second kappa shape index (κ2) is 8.25. The molecule has 6 heteroatoms. The molecule has 1 unspecified atom stereocenters. The third-order valence-corrected chi connectivity index (χ3v) is 3.58. The molecule has 0 spiro atoms. The van der Waals surface area contributed by atoms with Gasteiger partial charge in [-0.1, -0.05) is 25.5 Å². The van der Waals surface area contributed by atoms with Gasteiger partial charge in [0, 0.05) is 18.5 Å². The number of hydrogen-bond acceptors (Lipinski definition) is 4. The van der Waals surface area contributed by atoms with Crippen molar-refractivity contribution in [3.05, 3.63) is 23.8 Å². The highest BCUT2D eigenvalue weighted by Crippen LogP contribution is 2.33. The Balaban J connectivity index is 0.00000242. The Bertz CT molecular complexity index is 506. The van der Waals surface area contributed by atoms with Gasteiger partial charge >= 0.3 is 0 Å². The predicted molar refractivity (Wildman–Crippen MR) is 88.6 cm³/mol. The molecule has 1 atom stereocenters. The standard InChI is InChI=1S/C16H24N2O3.ClH/c1-3-8-16(2,17)15(19)18-11-12-6-4-7-13-14(12)21-10-5-9-20-13;/h4,6-7H,3,5,8-11,17H2,1-2H3,(H,18,19);1H. The Morgan fingerprint density at radius 3 is 2.82 bits per heavy atom. The molecule has 0 aliphatic carbocycles. The van der Waals surface area contributed by atoms with Gasteiger partial charge in [-0.05, 0) is 19.4 Å². The third-order valence-electron chi connectivity index (χ3n) is 3.58. The number of ether oxygens (including phenoxy) is 2. The molecule has 0 bridgehead atoms. The number of nitrogens with one attached hydrogen (secondary N) is 1. The molecule has 124 valence electrons. The van der Waals surface area contributed by atoms with E-state index in [0.717, 1.165) is 29.9 Å². The molecule has 0 saturated heterocycles. The Morgan fingerprint density at radius 2 is 2.09 bits per heavy atom. The number of amides is 1. The zero-order valence-corrected chi connectivity index (χ0v) is 14.0. The van der Waals surface area contributed by atoms with Crippen LogP contribution in [0.2, 0.25) is 0 Å². The number of carbonyl (C=O) groups is 1. The second-order valence-electron chi connectivity index (χ2n) is 5.65. The molecule has 1 aliphatic rings. The Labute approximate surface area is 138 Å². The number of fused-ring (bicyclic) bond motifs is 1. The minimum Gasteiger partial charge on any atom is -0.490 e. The van der Waals surface area contributed by atoms with E-state index in [2.05, 4.69) is 5.32 Å². The van der Waals surface area contributed by atoms with E-state index in [1.807, 2.05) is 25.1 Å². The number of benzene rings is 1. The summed E-state index contributed by atoms with van der Waals surface area (Å²) in [4.78, 5) is 12.2. The molecular weight excluding hydrogens is 304 g/mol. The first kappa shape index (κ1) is 18.6. The summed E-state index contributed by atoms with van der Waals surface area (Å²) < 4.78 is 11.4. The maximum atomic E-state index is 12.2. The van der Waals surface area contributed by atoms with Crippen molar-refractivity contribution in [2.75, 3.05) is 13.2 Å². The molecular formula is C16H25ClN2O3. The molecule has 1 amide bonds. The molecule has 0 fully saturated rings. The number of nitrogens with two attached hydrogens (primary N) is 1. The van der Waals surface area contributed by atoms with Crippen LogP contribution in [0.25, 0.3) is 0 Å². The smallest absolute Gasteiger partial charge is 0.240 e. The zero-order chi connectivity index (χ0) is 15.3. The van der Waals surface area contributed by atoms with Crippen molar-refractivity contribution in [2.45, 2.75) is 45.2 Å². The van der Waals surface area contributed by atoms with Gasteiger partial charge in [-0.25, -0.2) is 0 Å². The molecule has 0 saturated carbocycles. The lowest BCUT2D eigenvalue weighted by molar-refractivity contribution is -0.126. The van der Waals surface area contributed by atoms with Crippen LogP contribution in [0.3, 0.4) is 0 Å². The van der Waals surface area contributed by atoms with E-state index in [-0.39, 0.29) is 18.3 Å². The topological polar surface area (TPSA) is 73.6 Å². The van der Waals surface area contributed by atoms with Crippen LogP contribution in [0, 0.1) is 0 Å². The molecule has 3 N–H and O–H groups in total. The van der Waals surface area contributed by atoms with E-state index in [4.69, 9.17) is 15.2 Å². The van der Waals surface area contributed by atoms with Crippen molar-refractivity contribution < 1.29 is 14.3 Å². The predicted octanol–water partition coefficient (Wildman–Crippen LogP) is 2.40. The van der Waals surface area contributed by atoms with Gasteiger partial charge in [0.25, 0.3) is 0 Å². The van der Waals surface area contributed by atoms with Crippen LogP contribution in [0.1, 0.15) is 38.7 Å². The fraction of sp³-hybridized carbons (Fsp3) is 0.562. The number of hydrogen-bond donors (Lipinski definition) is 2. The van der Waals surface area contributed by atoms with Gasteiger partial charge in [-0.15, -0.1) is 12.4 Å². The normalized spacial score (nSPS) is 16.0. The number of para-hydroxylation sites is 1. The summed E-state index contributed by atoms with van der Waals surface area (Å²) in [5.74, 6) is 1.32. The quantitative estimate of drug-likeness (QED) is 0.870. The third kappa shape index (κ3) is 4.52. The van der Waals surface area contributed by atoms with Crippen molar-refractivity contribution in [2.24, 2.45) is 5.73 Å². The second-order valence-corrected chi connectivity index (χ2v) is 5.65. The average Bonchev–Trinajstić information content (AvgIpc) is 2.70. The molecule has 5 nitrogen and oxygen atoms in total. The van der Waals surface area contributed by atoms with E-state index in [1.165, 1.54) is 0 Å². The monoisotopic (exact) mass is 328 g/mol. The maximum absolute atomic E-state index is 12.2. The van der Waals surface area contributed by atoms with E-state index in [1.54, 1.807) is 6.92 Å². The minimum atomic E-state index is -0.835. The van der Waals surface area contributed by atoms with Crippen molar-refractivity contribution >= 4 is 18.3 Å².